The smallest absolute Gasteiger partial charge is 0.410 e. The summed E-state index contributed by atoms with van der Waals surface area (Å²) >= 11 is 0. The number of morpholine rings is 1. The second kappa shape index (κ2) is 9.51. The molecule has 0 bridgehead atoms. The Labute approximate surface area is 190 Å². The lowest BCUT2D eigenvalue weighted by molar-refractivity contribution is -0.151. The quantitative estimate of drug-likeness (QED) is 0.385. The number of amides is 1. The molecule has 1 amide bonds. The van der Waals surface area contributed by atoms with Crippen LogP contribution in [0.1, 0.15) is 38.2 Å². The van der Waals surface area contributed by atoms with Crippen molar-refractivity contribution in [2.75, 3.05) is 26.8 Å². The Morgan fingerprint density at radius 3 is 2.47 bits per heavy atom. The number of hydrogen-bond acceptors (Lipinski definition) is 6. The van der Waals surface area contributed by atoms with Gasteiger partial charge in [-0.05, 0) is 49.3 Å². The lowest BCUT2D eigenvalue weighted by atomic mass is 9.82. The normalized spacial score (nSPS) is 32.0. The predicted molar refractivity (Wildman–Crippen MR) is 120 cm³/mol. The van der Waals surface area contributed by atoms with Crippen molar-refractivity contribution in [1.82, 2.24) is 9.80 Å². The van der Waals surface area contributed by atoms with Crippen LogP contribution < -0.4 is 0 Å². The summed E-state index contributed by atoms with van der Waals surface area (Å²) in [5, 5.41) is 0. The number of aryl methyl sites for hydroxylation is 1. The third-order valence-corrected chi connectivity index (χ3v) is 6.93. The van der Waals surface area contributed by atoms with Crippen molar-refractivity contribution >= 4 is 12.1 Å². The van der Waals surface area contributed by atoms with Gasteiger partial charge in [0.15, 0.2) is 0 Å². The number of carbonyl (C=O) groups is 2. The molecule has 3 unspecified atom stereocenters. The van der Waals surface area contributed by atoms with Gasteiger partial charge in [-0.1, -0.05) is 24.1 Å². The number of terminal acetylenes is 1. The van der Waals surface area contributed by atoms with Crippen LogP contribution in [0.2, 0.25) is 0 Å². The Balaban J connectivity index is 0.000000149. The molecule has 7 heteroatoms. The third kappa shape index (κ3) is 4.62. The van der Waals surface area contributed by atoms with Crippen LogP contribution in [-0.2, 0) is 19.0 Å². The van der Waals surface area contributed by atoms with Gasteiger partial charge < -0.3 is 14.2 Å². The molecule has 0 N–H and O–H groups in total. The average molecular weight is 441 g/mol. The van der Waals surface area contributed by atoms with Crippen LogP contribution in [0.5, 0.6) is 0 Å². The third-order valence-electron chi connectivity index (χ3n) is 6.93. The molecule has 6 rings (SSSR count). The van der Waals surface area contributed by atoms with Gasteiger partial charge in [-0.25, -0.2) is 4.79 Å². The monoisotopic (exact) mass is 440 g/mol. The van der Waals surface area contributed by atoms with Crippen molar-refractivity contribution in [3.05, 3.63) is 23.8 Å². The van der Waals surface area contributed by atoms with Gasteiger partial charge in [0.25, 0.3) is 0 Å². The highest BCUT2D eigenvalue weighted by atomic mass is 16.5. The molecule has 32 heavy (non-hydrogen) atoms. The molecule has 172 valence electrons. The highest BCUT2D eigenvalue weighted by Gasteiger charge is 2.49. The predicted octanol–water partition coefficient (Wildman–Crippen LogP) is 3.19. The van der Waals surface area contributed by atoms with E-state index in [1.807, 2.05) is 0 Å². The molecule has 3 aliphatic heterocycles. The van der Waals surface area contributed by atoms with E-state index in [1.54, 1.807) is 4.90 Å². The summed E-state index contributed by atoms with van der Waals surface area (Å²) in [7, 11) is 1.36. The molecule has 0 aromatic carbocycles. The maximum absolute atomic E-state index is 11.9. The fourth-order valence-electron chi connectivity index (χ4n) is 5.17. The van der Waals surface area contributed by atoms with Gasteiger partial charge >= 0.3 is 12.1 Å². The zero-order valence-electron chi connectivity index (χ0n) is 19.1. The minimum atomic E-state index is -0.390. The van der Waals surface area contributed by atoms with E-state index in [2.05, 4.69) is 35.9 Å². The van der Waals surface area contributed by atoms with Crippen molar-refractivity contribution < 1.29 is 23.8 Å². The van der Waals surface area contributed by atoms with Crippen molar-refractivity contribution in [1.29, 1.82) is 0 Å². The van der Waals surface area contributed by atoms with Crippen LogP contribution in [0, 0.1) is 25.2 Å². The molecule has 3 saturated heterocycles. The van der Waals surface area contributed by atoms with Gasteiger partial charge in [0, 0.05) is 32.0 Å². The first-order valence-electron chi connectivity index (χ1n) is 11.4. The van der Waals surface area contributed by atoms with E-state index in [0.717, 1.165) is 25.9 Å². The molecule has 1 saturated carbocycles. The molecule has 6 atom stereocenters. The number of methoxy groups -OCH3 is 1. The Morgan fingerprint density at radius 2 is 2.09 bits per heavy atom. The molecule has 3 heterocycles. The zero-order valence-corrected chi connectivity index (χ0v) is 19.1. The number of rotatable bonds is 1. The summed E-state index contributed by atoms with van der Waals surface area (Å²) in [4.78, 5) is 27.0. The molecule has 4 fully saturated rings. The number of ether oxygens (including phenoxy) is 3. The average Bonchev–Trinajstić information content (AvgIpc) is 3.18. The van der Waals surface area contributed by atoms with Gasteiger partial charge in [-0.15, -0.1) is 6.42 Å². The van der Waals surface area contributed by atoms with Gasteiger partial charge in [0.2, 0.25) is 0 Å². The van der Waals surface area contributed by atoms with E-state index in [1.165, 1.54) is 43.8 Å². The standard InChI is InChI=1S/C14H19NO4.C7H6.C4H7NO/c1-4-10-8-11-12(15(10)14(17)18-3)6-5-7-13(11)19-9(2)16;1-5-4-6-2-3-7(5)6;1-2-6-4-3-5(1)4/h1,10-13H,5-8H2,2-3H3;2-4H,1H3;4H,1-3H2/t10?,11-,12-,13+;;/m1../s1. The second-order valence-corrected chi connectivity index (χ2v) is 8.96. The maximum atomic E-state index is 11.9. The van der Waals surface area contributed by atoms with Gasteiger partial charge in [0.1, 0.15) is 12.3 Å². The number of fused-ring (bicyclic) bond motifs is 3. The van der Waals surface area contributed by atoms with E-state index in [4.69, 9.17) is 20.6 Å². The first kappa shape index (κ1) is 22.6. The topological polar surface area (TPSA) is 68.1 Å². The number of hydrogen-bond donors (Lipinski definition) is 0. The molecule has 6 aliphatic rings. The van der Waals surface area contributed by atoms with E-state index in [-0.39, 0.29) is 36.2 Å². The molecule has 7 nitrogen and oxygen atoms in total. The van der Waals surface area contributed by atoms with Crippen molar-refractivity contribution in [3.63, 3.8) is 0 Å². The van der Waals surface area contributed by atoms with Crippen LogP contribution in [0.3, 0.4) is 0 Å². The van der Waals surface area contributed by atoms with E-state index in [9.17, 15) is 9.59 Å². The number of esters is 1. The molecular formula is C25H32N2O5. The summed E-state index contributed by atoms with van der Waals surface area (Å²) in [5.41, 5.74) is 4.36. The van der Waals surface area contributed by atoms with Gasteiger partial charge in [-0.2, -0.15) is 0 Å². The minimum Gasteiger partial charge on any atom is -0.462 e. The first-order valence-corrected chi connectivity index (χ1v) is 11.4. The summed E-state index contributed by atoms with van der Waals surface area (Å²) in [5.74, 6) is 2.49. The summed E-state index contributed by atoms with van der Waals surface area (Å²) in [6, 6.07) is 6.26. The number of carbonyl (C=O) groups excluding carboxylic acids is 2. The van der Waals surface area contributed by atoms with Crippen molar-refractivity contribution in [2.45, 2.75) is 63.9 Å². The second-order valence-electron chi connectivity index (χ2n) is 8.96. The Hall–Kier alpha value is -2.56. The van der Waals surface area contributed by atoms with Crippen LogP contribution in [-0.4, -0.2) is 73.1 Å². The van der Waals surface area contributed by atoms with Gasteiger partial charge in [-0.3, -0.25) is 14.6 Å². The molecule has 0 radical (unpaired) electrons. The molecule has 3 aliphatic carbocycles. The highest BCUT2D eigenvalue weighted by Crippen LogP contribution is 2.41. The number of benzene rings is 1. The number of nitrogens with zero attached hydrogens (tertiary/aromatic N) is 2. The molecule has 0 aromatic rings. The van der Waals surface area contributed by atoms with Gasteiger partial charge in [0.05, 0.1) is 19.8 Å². The highest BCUT2D eigenvalue weighted by molar-refractivity contribution is 5.80. The maximum Gasteiger partial charge on any atom is 0.410 e. The largest absolute Gasteiger partial charge is 0.462 e. The molecular weight excluding hydrogens is 408 g/mol. The zero-order chi connectivity index (χ0) is 22.8. The fraction of sp³-hybridized carbons (Fsp3) is 0.600. The lowest BCUT2D eigenvalue weighted by Gasteiger charge is -2.35. The lowest BCUT2D eigenvalue weighted by Crippen LogP contribution is -2.46. The summed E-state index contributed by atoms with van der Waals surface area (Å²) in [6.45, 7) is 6.88. The van der Waals surface area contributed by atoms with Crippen LogP contribution in [0.15, 0.2) is 18.2 Å². The molecule has 0 aromatic heterocycles. The van der Waals surface area contributed by atoms with Crippen LogP contribution in [0.4, 0.5) is 4.79 Å². The first-order chi connectivity index (χ1) is 15.4. The summed E-state index contributed by atoms with van der Waals surface area (Å²) < 4.78 is 15.3. The fourth-order valence-corrected chi connectivity index (χ4v) is 5.17. The summed E-state index contributed by atoms with van der Waals surface area (Å²) in [6.07, 6.45) is 8.85. The van der Waals surface area contributed by atoms with E-state index < -0.39 is 0 Å². The van der Waals surface area contributed by atoms with E-state index in [0.29, 0.717) is 12.6 Å². The van der Waals surface area contributed by atoms with Crippen LogP contribution >= 0.6 is 0 Å². The van der Waals surface area contributed by atoms with Crippen LogP contribution in [0.25, 0.3) is 11.1 Å². The minimum absolute atomic E-state index is 0.0200. The molecule has 0 spiro atoms. The Morgan fingerprint density at radius 1 is 1.28 bits per heavy atom. The van der Waals surface area contributed by atoms with E-state index >= 15 is 0 Å². The SMILES string of the molecule is C#CC1C[C@H]2[C@@H](OC(C)=O)CCC[C@H]2N1C(=O)OC.C1CN2CC2O1.Cc1cc2ccc1-2. The Kier molecular flexibility index (Phi) is 6.73. The van der Waals surface area contributed by atoms with Crippen molar-refractivity contribution in [2.24, 2.45) is 5.92 Å². The van der Waals surface area contributed by atoms with Crippen molar-refractivity contribution in [3.8, 4) is 23.5 Å². The number of likely N-dealkylation sites (tertiary alicyclic amines) is 1. The Bertz CT molecular complexity index is 902.